The fraction of sp³-hybridized carbons (Fsp3) is 0.500. The van der Waals surface area contributed by atoms with Crippen LogP contribution >= 0.6 is 22.9 Å². The van der Waals surface area contributed by atoms with Crippen molar-refractivity contribution in [2.45, 2.75) is 13.0 Å². The van der Waals surface area contributed by atoms with Crippen LogP contribution in [0.3, 0.4) is 0 Å². The molecule has 1 N–H and O–H groups in total. The van der Waals surface area contributed by atoms with E-state index in [0.717, 1.165) is 13.5 Å². The lowest BCUT2D eigenvalue weighted by molar-refractivity contribution is -0.137. The van der Waals surface area contributed by atoms with Gasteiger partial charge in [-0.2, -0.15) is 17.0 Å². The molecule has 0 saturated heterocycles. The highest BCUT2D eigenvalue weighted by atomic mass is 35.5. The molecule has 1 aromatic rings. The Morgan fingerprint density at radius 1 is 1.37 bits per heavy atom. The lowest BCUT2D eigenvalue weighted by Crippen LogP contribution is -2.40. The minimum Gasteiger partial charge on any atom is -0.481 e. The maximum atomic E-state index is 12.1. The first-order chi connectivity index (χ1) is 8.73. The molecule has 0 saturated carbocycles. The van der Waals surface area contributed by atoms with Crippen molar-refractivity contribution in [1.82, 2.24) is 8.61 Å². The number of carbonyl (C=O) groups is 1. The van der Waals surface area contributed by atoms with E-state index in [1.54, 1.807) is 12.1 Å². The van der Waals surface area contributed by atoms with E-state index in [1.165, 1.54) is 25.4 Å². The van der Waals surface area contributed by atoms with Gasteiger partial charge >= 0.3 is 5.97 Å². The molecular weight excluding hydrogens is 312 g/mol. The van der Waals surface area contributed by atoms with Crippen molar-refractivity contribution >= 4 is 39.1 Å². The number of rotatable bonds is 7. The van der Waals surface area contributed by atoms with Crippen LogP contribution in [0.2, 0.25) is 4.34 Å². The lowest BCUT2D eigenvalue weighted by Gasteiger charge is -2.23. The number of halogens is 1. The van der Waals surface area contributed by atoms with Gasteiger partial charge in [0.1, 0.15) is 0 Å². The van der Waals surface area contributed by atoms with Crippen molar-refractivity contribution in [3.8, 4) is 0 Å². The highest BCUT2D eigenvalue weighted by Gasteiger charge is 2.24. The minimum atomic E-state index is -3.66. The van der Waals surface area contributed by atoms with E-state index in [-0.39, 0.29) is 19.5 Å². The van der Waals surface area contributed by atoms with Gasteiger partial charge in [-0.25, -0.2) is 0 Å². The Morgan fingerprint density at radius 2 is 2.00 bits per heavy atom. The highest BCUT2D eigenvalue weighted by Crippen LogP contribution is 2.23. The zero-order valence-corrected chi connectivity index (χ0v) is 12.9. The normalized spacial score (nSPS) is 12.3. The fourth-order valence-electron chi connectivity index (χ4n) is 1.34. The van der Waals surface area contributed by atoms with Gasteiger partial charge in [-0.05, 0) is 12.1 Å². The molecule has 0 radical (unpaired) electrons. The number of hydrogen-bond donors (Lipinski definition) is 1. The van der Waals surface area contributed by atoms with Crippen molar-refractivity contribution in [2.24, 2.45) is 0 Å². The van der Waals surface area contributed by atoms with Gasteiger partial charge in [0, 0.05) is 32.1 Å². The Balaban J connectivity index is 2.67. The Hall–Kier alpha value is -0.670. The second-order valence-electron chi connectivity index (χ2n) is 3.93. The predicted octanol–water partition coefficient (Wildman–Crippen LogP) is 1.48. The van der Waals surface area contributed by atoms with Crippen LogP contribution in [-0.2, 0) is 21.5 Å². The molecular formula is C10H15ClN2O4S2. The number of thiophene rings is 1. The van der Waals surface area contributed by atoms with Crippen LogP contribution in [0.1, 0.15) is 11.3 Å². The smallest absolute Gasteiger partial charge is 0.304 e. The first-order valence-corrected chi connectivity index (χ1v) is 7.96. The standard InChI is InChI=1S/C10H15ClN2O4S2/c1-12(6-5-10(14)15)19(16,17)13(2)7-8-3-4-9(11)18-8/h3-4H,5-7H2,1-2H3,(H,14,15). The van der Waals surface area contributed by atoms with Crippen molar-refractivity contribution in [2.75, 3.05) is 20.6 Å². The van der Waals surface area contributed by atoms with E-state index in [9.17, 15) is 13.2 Å². The summed E-state index contributed by atoms with van der Waals surface area (Å²) in [4.78, 5) is 11.3. The average molecular weight is 327 g/mol. The molecule has 0 unspecified atom stereocenters. The number of hydrogen-bond acceptors (Lipinski definition) is 4. The lowest BCUT2D eigenvalue weighted by atomic mass is 10.4. The summed E-state index contributed by atoms with van der Waals surface area (Å²) in [5.41, 5.74) is 0. The molecule has 0 spiro atoms. The van der Waals surface area contributed by atoms with E-state index < -0.39 is 16.2 Å². The van der Waals surface area contributed by atoms with E-state index in [2.05, 4.69) is 0 Å². The SMILES string of the molecule is CN(CCC(=O)O)S(=O)(=O)N(C)Cc1ccc(Cl)s1. The van der Waals surface area contributed by atoms with Gasteiger partial charge in [0.05, 0.1) is 10.8 Å². The summed E-state index contributed by atoms with van der Waals surface area (Å²) in [6, 6.07) is 3.46. The van der Waals surface area contributed by atoms with Gasteiger partial charge in [-0.3, -0.25) is 4.79 Å². The van der Waals surface area contributed by atoms with Gasteiger partial charge in [0.25, 0.3) is 10.2 Å². The molecule has 19 heavy (non-hydrogen) atoms. The molecule has 1 heterocycles. The molecule has 0 atom stereocenters. The zero-order chi connectivity index (χ0) is 14.6. The highest BCUT2D eigenvalue weighted by molar-refractivity contribution is 7.86. The number of nitrogens with zero attached hydrogens (tertiary/aromatic N) is 2. The summed E-state index contributed by atoms with van der Waals surface area (Å²) in [7, 11) is -0.855. The van der Waals surface area contributed by atoms with Gasteiger partial charge in [-0.15, -0.1) is 11.3 Å². The molecule has 108 valence electrons. The Bertz CT molecular complexity index is 543. The predicted molar refractivity (Wildman–Crippen MR) is 74.6 cm³/mol. The van der Waals surface area contributed by atoms with Gasteiger partial charge in [0.15, 0.2) is 0 Å². The quantitative estimate of drug-likeness (QED) is 0.823. The Kier molecular flexibility index (Phi) is 5.75. The molecule has 6 nitrogen and oxygen atoms in total. The maximum Gasteiger partial charge on any atom is 0.304 e. The van der Waals surface area contributed by atoms with Gasteiger partial charge in [0.2, 0.25) is 0 Å². The topological polar surface area (TPSA) is 77.9 Å². The summed E-state index contributed by atoms with van der Waals surface area (Å²) in [6.45, 7) is 0.143. The first-order valence-electron chi connectivity index (χ1n) is 5.37. The third kappa shape index (κ3) is 4.73. The molecule has 0 aliphatic rings. The molecule has 0 bridgehead atoms. The van der Waals surface area contributed by atoms with Crippen molar-refractivity contribution in [3.63, 3.8) is 0 Å². The molecule has 0 aliphatic carbocycles. The number of aliphatic carboxylic acids is 1. The van der Waals surface area contributed by atoms with Crippen LogP contribution in [0.25, 0.3) is 0 Å². The zero-order valence-electron chi connectivity index (χ0n) is 10.5. The minimum absolute atomic E-state index is 0.0623. The molecule has 9 heteroatoms. The summed E-state index contributed by atoms with van der Waals surface area (Å²) in [5, 5.41) is 8.56. The average Bonchev–Trinajstić information content (AvgIpc) is 2.71. The van der Waals surface area contributed by atoms with Crippen LogP contribution in [0.4, 0.5) is 0 Å². The van der Waals surface area contributed by atoms with Crippen molar-refractivity contribution in [3.05, 3.63) is 21.3 Å². The van der Waals surface area contributed by atoms with Crippen LogP contribution in [0.5, 0.6) is 0 Å². The molecule has 1 rings (SSSR count). The molecule has 0 aliphatic heterocycles. The molecule has 0 fully saturated rings. The second-order valence-corrected chi connectivity index (χ2v) is 7.88. The van der Waals surface area contributed by atoms with Crippen LogP contribution < -0.4 is 0 Å². The molecule has 0 aromatic carbocycles. The molecule has 1 aromatic heterocycles. The van der Waals surface area contributed by atoms with E-state index in [4.69, 9.17) is 16.7 Å². The van der Waals surface area contributed by atoms with E-state index >= 15 is 0 Å². The maximum absolute atomic E-state index is 12.1. The third-order valence-electron chi connectivity index (χ3n) is 2.44. The summed E-state index contributed by atoms with van der Waals surface area (Å²) in [5.74, 6) is -1.03. The first kappa shape index (κ1) is 16.4. The number of carboxylic acids is 1. The Labute approximate surface area is 121 Å². The number of carboxylic acid groups (broad SMARTS) is 1. The largest absolute Gasteiger partial charge is 0.481 e. The van der Waals surface area contributed by atoms with Crippen molar-refractivity contribution < 1.29 is 18.3 Å². The van der Waals surface area contributed by atoms with E-state index in [1.807, 2.05) is 0 Å². The van der Waals surface area contributed by atoms with Crippen LogP contribution in [0, 0.1) is 0 Å². The third-order valence-corrected chi connectivity index (χ3v) is 5.54. The van der Waals surface area contributed by atoms with Gasteiger partial charge in [-0.1, -0.05) is 11.6 Å². The summed E-state index contributed by atoms with van der Waals surface area (Å²) >= 11 is 7.09. The van der Waals surface area contributed by atoms with Crippen LogP contribution in [-0.4, -0.2) is 48.7 Å². The second kappa shape index (κ2) is 6.67. The molecule has 0 amide bonds. The summed E-state index contributed by atoms with van der Waals surface area (Å²) < 4.78 is 27.0. The summed E-state index contributed by atoms with van der Waals surface area (Å²) in [6.07, 6.45) is -0.228. The van der Waals surface area contributed by atoms with Crippen LogP contribution in [0.15, 0.2) is 12.1 Å². The van der Waals surface area contributed by atoms with Gasteiger partial charge < -0.3 is 5.11 Å². The fourth-order valence-corrected chi connectivity index (χ4v) is 3.67. The van der Waals surface area contributed by atoms with E-state index in [0.29, 0.717) is 4.34 Å². The Morgan fingerprint density at radius 3 is 2.47 bits per heavy atom. The van der Waals surface area contributed by atoms with Crippen molar-refractivity contribution in [1.29, 1.82) is 0 Å². The monoisotopic (exact) mass is 326 g/mol.